The van der Waals surface area contributed by atoms with Gasteiger partial charge in [-0.15, -0.1) is 11.8 Å². The Morgan fingerprint density at radius 1 is 1.25 bits per heavy atom. The Morgan fingerprint density at radius 3 is 2.56 bits per heavy atom. The van der Waals surface area contributed by atoms with Gasteiger partial charge in [0.15, 0.2) is 0 Å². The van der Waals surface area contributed by atoms with Gasteiger partial charge in [-0.3, -0.25) is 0 Å². The number of nitrogen functional groups attached to an aromatic ring is 1. The van der Waals surface area contributed by atoms with E-state index >= 15 is 0 Å². The van der Waals surface area contributed by atoms with E-state index in [-0.39, 0.29) is 6.10 Å². The first-order valence-electron chi connectivity index (χ1n) is 5.82. The summed E-state index contributed by atoms with van der Waals surface area (Å²) in [5, 5.41) is 9.49. The molecule has 16 heavy (non-hydrogen) atoms. The summed E-state index contributed by atoms with van der Waals surface area (Å²) in [5.41, 5.74) is 8.14. The average Bonchev–Trinajstić information content (AvgIpc) is 2.31. The van der Waals surface area contributed by atoms with E-state index in [0.29, 0.717) is 5.92 Å². The van der Waals surface area contributed by atoms with Crippen LogP contribution in [-0.2, 0) is 0 Å². The van der Waals surface area contributed by atoms with Crippen molar-refractivity contribution in [2.45, 2.75) is 42.6 Å². The molecule has 2 rings (SSSR count). The second-order valence-corrected chi connectivity index (χ2v) is 5.35. The number of aliphatic hydroxyl groups is 1. The molecule has 0 heterocycles. The normalized spacial score (nSPS) is 25.6. The Balaban J connectivity index is 2.14. The highest BCUT2D eigenvalue weighted by molar-refractivity contribution is 7.98. The molecular weight excluding hydrogens is 218 g/mol. The molecule has 0 amide bonds. The highest BCUT2D eigenvalue weighted by atomic mass is 32.2. The van der Waals surface area contributed by atoms with Crippen LogP contribution in [0.1, 0.15) is 37.2 Å². The zero-order chi connectivity index (χ0) is 11.5. The SMILES string of the molecule is CSc1cc(C2CCC(O)CC2)ccc1N. The van der Waals surface area contributed by atoms with Crippen molar-refractivity contribution in [3.05, 3.63) is 23.8 Å². The van der Waals surface area contributed by atoms with Gasteiger partial charge in [-0.1, -0.05) is 6.07 Å². The molecule has 1 aromatic rings. The van der Waals surface area contributed by atoms with E-state index < -0.39 is 0 Å². The lowest BCUT2D eigenvalue weighted by Gasteiger charge is -2.26. The van der Waals surface area contributed by atoms with Crippen molar-refractivity contribution in [2.75, 3.05) is 12.0 Å². The second-order valence-electron chi connectivity index (χ2n) is 4.51. The van der Waals surface area contributed by atoms with Gasteiger partial charge in [0.05, 0.1) is 6.10 Å². The number of nitrogens with two attached hydrogens (primary N) is 1. The lowest BCUT2D eigenvalue weighted by atomic mass is 9.83. The summed E-state index contributed by atoms with van der Waals surface area (Å²) >= 11 is 1.70. The first-order valence-corrected chi connectivity index (χ1v) is 7.04. The fraction of sp³-hybridized carbons (Fsp3) is 0.538. The molecule has 0 bridgehead atoms. The number of anilines is 1. The van der Waals surface area contributed by atoms with Gasteiger partial charge in [0.1, 0.15) is 0 Å². The quantitative estimate of drug-likeness (QED) is 0.614. The largest absolute Gasteiger partial charge is 0.398 e. The van der Waals surface area contributed by atoms with E-state index in [0.717, 1.165) is 31.4 Å². The molecule has 0 aromatic heterocycles. The molecule has 3 heteroatoms. The van der Waals surface area contributed by atoms with Gasteiger partial charge in [-0.2, -0.15) is 0 Å². The fourth-order valence-electron chi connectivity index (χ4n) is 2.39. The fourth-order valence-corrected chi connectivity index (χ4v) is 2.95. The maximum absolute atomic E-state index is 9.49. The number of aliphatic hydroxyl groups excluding tert-OH is 1. The van der Waals surface area contributed by atoms with Gasteiger partial charge in [-0.25, -0.2) is 0 Å². The zero-order valence-corrected chi connectivity index (χ0v) is 10.5. The van der Waals surface area contributed by atoms with E-state index in [1.165, 1.54) is 10.5 Å². The number of rotatable bonds is 2. The molecule has 2 nitrogen and oxygen atoms in total. The first-order chi connectivity index (χ1) is 7.70. The molecule has 3 N–H and O–H groups in total. The van der Waals surface area contributed by atoms with Gasteiger partial charge in [0.2, 0.25) is 0 Å². The zero-order valence-electron chi connectivity index (χ0n) is 9.65. The molecule has 1 aliphatic carbocycles. The predicted octanol–water partition coefficient (Wildman–Crippen LogP) is 3.01. The second kappa shape index (κ2) is 5.11. The Morgan fingerprint density at radius 2 is 1.94 bits per heavy atom. The number of hydrogen-bond acceptors (Lipinski definition) is 3. The van der Waals surface area contributed by atoms with Crippen LogP contribution in [0.5, 0.6) is 0 Å². The molecule has 1 aliphatic rings. The standard InChI is InChI=1S/C13H19NOS/c1-16-13-8-10(4-7-12(13)14)9-2-5-11(15)6-3-9/h4,7-9,11,15H,2-3,5-6,14H2,1H3. The molecule has 0 aliphatic heterocycles. The van der Waals surface area contributed by atoms with Crippen LogP contribution in [0, 0.1) is 0 Å². The molecular formula is C13H19NOS. The first kappa shape index (κ1) is 11.8. The summed E-state index contributed by atoms with van der Waals surface area (Å²) in [6.07, 6.45) is 6.04. The number of thioether (sulfide) groups is 1. The Kier molecular flexibility index (Phi) is 3.77. The third kappa shape index (κ3) is 2.53. The van der Waals surface area contributed by atoms with E-state index in [4.69, 9.17) is 5.73 Å². The summed E-state index contributed by atoms with van der Waals surface area (Å²) < 4.78 is 0. The summed E-state index contributed by atoms with van der Waals surface area (Å²) in [6.45, 7) is 0. The Labute approximate surface area is 101 Å². The van der Waals surface area contributed by atoms with Crippen molar-refractivity contribution in [3.8, 4) is 0 Å². The molecule has 0 atom stereocenters. The van der Waals surface area contributed by atoms with Crippen molar-refractivity contribution in [1.82, 2.24) is 0 Å². The number of benzene rings is 1. The Hall–Kier alpha value is -0.670. The van der Waals surface area contributed by atoms with Gasteiger partial charge < -0.3 is 10.8 Å². The van der Waals surface area contributed by atoms with Crippen LogP contribution < -0.4 is 5.73 Å². The lowest BCUT2D eigenvalue weighted by molar-refractivity contribution is 0.122. The van der Waals surface area contributed by atoms with Crippen molar-refractivity contribution >= 4 is 17.4 Å². The van der Waals surface area contributed by atoms with E-state index in [2.05, 4.69) is 18.4 Å². The maximum atomic E-state index is 9.49. The van der Waals surface area contributed by atoms with Crippen LogP contribution in [0.4, 0.5) is 5.69 Å². The number of hydrogen-bond donors (Lipinski definition) is 2. The molecule has 1 aromatic carbocycles. The van der Waals surface area contributed by atoms with Gasteiger partial charge in [0, 0.05) is 10.6 Å². The third-order valence-electron chi connectivity index (χ3n) is 3.43. The average molecular weight is 237 g/mol. The van der Waals surface area contributed by atoms with E-state index in [1.54, 1.807) is 11.8 Å². The molecule has 0 saturated heterocycles. The molecule has 0 radical (unpaired) electrons. The molecule has 0 unspecified atom stereocenters. The van der Waals surface area contributed by atoms with Crippen LogP contribution in [0.2, 0.25) is 0 Å². The van der Waals surface area contributed by atoms with Crippen LogP contribution in [-0.4, -0.2) is 17.5 Å². The van der Waals surface area contributed by atoms with E-state index in [1.807, 2.05) is 6.07 Å². The minimum Gasteiger partial charge on any atom is -0.398 e. The lowest BCUT2D eigenvalue weighted by Crippen LogP contribution is -2.17. The topological polar surface area (TPSA) is 46.2 Å². The van der Waals surface area contributed by atoms with E-state index in [9.17, 15) is 5.11 Å². The minimum atomic E-state index is -0.0787. The van der Waals surface area contributed by atoms with Crippen LogP contribution in [0.25, 0.3) is 0 Å². The summed E-state index contributed by atoms with van der Waals surface area (Å²) in [7, 11) is 0. The van der Waals surface area contributed by atoms with Gasteiger partial charge in [0.25, 0.3) is 0 Å². The monoisotopic (exact) mass is 237 g/mol. The van der Waals surface area contributed by atoms with Crippen molar-refractivity contribution in [3.63, 3.8) is 0 Å². The van der Waals surface area contributed by atoms with Crippen LogP contribution >= 0.6 is 11.8 Å². The summed E-state index contributed by atoms with van der Waals surface area (Å²) in [5.74, 6) is 0.606. The molecule has 1 fully saturated rings. The Bertz CT molecular complexity index is 359. The molecule has 1 saturated carbocycles. The summed E-state index contributed by atoms with van der Waals surface area (Å²) in [6, 6.07) is 6.35. The molecule has 0 spiro atoms. The highest BCUT2D eigenvalue weighted by Gasteiger charge is 2.21. The minimum absolute atomic E-state index is 0.0787. The van der Waals surface area contributed by atoms with Crippen molar-refractivity contribution in [2.24, 2.45) is 0 Å². The van der Waals surface area contributed by atoms with Crippen molar-refractivity contribution in [1.29, 1.82) is 0 Å². The van der Waals surface area contributed by atoms with Crippen molar-refractivity contribution < 1.29 is 5.11 Å². The highest BCUT2D eigenvalue weighted by Crippen LogP contribution is 2.35. The van der Waals surface area contributed by atoms with Gasteiger partial charge in [-0.05, 0) is 55.6 Å². The summed E-state index contributed by atoms with van der Waals surface area (Å²) in [4.78, 5) is 1.17. The van der Waals surface area contributed by atoms with Crippen LogP contribution in [0.3, 0.4) is 0 Å². The van der Waals surface area contributed by atoms with Crippen LogP contribution in [0.15, 0.2) is 23.1 Å². The molecule has 88 valence electrons. The van der Waals surface area contributed by atoms with Gasteiger partial charge >= 0.3 is 0 Å². The smallest absolute Gasteiger partial charge is 0.0540 e. The predicted molar refractivity (Wildman–Crippen MR) is 69.9 cm³/mol. The third-order valence-corrected chi connectivity index (χ3v) is 4.22. The maximum Gasteiger partial charge on any atom is 0.0540 e.